The average Bonchev–Trinajstić information content (AvgIpc) is 2.48. The van der Waals surface area contributed by atoms with Crippen molar-refractivity contribution in [1.82, 2.24) is 9.55 Å². The van der Waals surface area contributed by atoms with Gasteiger partial charge in [0.2, 0.25) is 0 Å². The molecule has 20 heavy (non-hydrogen) atoms. The van der Waals surface area contributed by atoms with Gasteiger partial charge < -0.3 is 9.88 Å². The zero-order chi connectivity index (χ0) is 13.9. The van der Waals surface area contributed by atoms with Crippen LogP contribution < -0.4 is 10.9 Å². The highest BCUT2D eigenvalue weighted by atomic mass is 16.1. The first-order valence-corrected chi connectivity index (χ1v) is 6.59. The van der Waals surface area contributed by atoms with Gasteiger partial charge in [-0.05, 0) is 25.1 Å². The number of fused-ring (bicyclic) bond motifs is 1. The molecule has 0 radical (unpaired) electrons. The van der Waals surface area contributed by atoms with Crippen LogP contribution in [0.3, 0.4) is 0 Å². The highest BCUT2D eigenvalue weighted by Gasteiger charge is 2.04. The number of anilines is 2. The summed E-state index contributed by atoms with van der Waals surface area (Å²) in [4.78, 5) is 16.2. The molecular weight excluding hydrogens is 250 g/mol. The zero-order valence-electron chi connectivity index (χ0n) is 11.2. The quantitative estimate of drug-likeness (QED) is 0.791. The van der Waals surface area contributed by atoms with Crippen LogP contribution >= 0.6 is 0 Å². The summed E-state index contributed by atoms with van der Waals surface area (Å²) in [6, 6.07) is 15.1. The molecule has 0 aliphatic heterocycles. The molecule has 4 heteroatoms. The van der Waals surface area contributed by atoms with E-state index in [9.17, 15) is 4.79 Å². The summed E-state index contributed by atoms with van der Waals surface area (Å²) < 4.78 is 1.74. The van der Waals surface area contributed by atoms with Crippen molar-refractivity contribution in [1.29, 1.82) is 0 Å². The number of nitrogens with zero attached hydrogens (tertiary/aromatic N) is 2. The van der Waals surface area contributed by atoms with Crippen LogP contribution in [0.2, 0.25) is 0 Å². The van der Waals surface area contributed by atoms with Crippen LogP contribution in [0.15, 0.2) is 59.5 Å². The SMILES string of the molecule is CCn1c(=O)ccc2cnc(Nc3ccccc3)cc21. The highest BCUT2D eigenvalue weighted by Crippen LogP contribution is 2.18. The molecule has 0 unspecified atom stereocenters. The van der Waals surface area contributed by atoms with Gasteiger partial charge in [-0.25, -0.2) is 4.98 Å². The summed E-state index contributed by atoms with van der Waals surface area (Å²) in [6.07, 6.45) is 1.78. The van der Waals surface area contributed by atoms with Crippen molar-refractivity contribution >= 4 is 22.4 Å². The standard InChI is InChI=1S/C16H15N3O/c1-2-19-14-10-15(18-13-6-4-3-5-7-13)17-11-12(14)8-9-16(19)20/h3-11H,2H2,1H3,(H,17,18). The molecule has 4 nitrogen and oxygen atoms in total. The Morgan fingerprint density at radius 3 is 2.70 bits per heavy atom. The minimum atomic E-state index is 0.0110. The number of hydrogen-bond acceptors (Lipinski definition) is 3. The molecule has 0 amide bonds. The number of benzene rings is 1. The molecule has 1 N–H and O–H groups in total. The predicted molar refractivity (Wildman–Crippen MR) is 81.4 cm³/mol. The second-order valence-corrected chi connectivity index (χ2v) is 4.54. The largest absolute Gasteiger partial charge is 0.340 e. The van der Waals surface area contributed by atoms with E-state index >= 15 is 0 Å². The third kappa shape index (κ3) is 2.28. The molecule has 3 rings (SSSR count). The van der Waals surface area contributed by atoms with E-state index in [1.54, 1.807) is 16.8 Å². The van der Waals surface area contributed by atoms with E-state index in [0.717, 1.165) is 22.4 Å². The molecule has 0 spiro atoms. The average molecular weight is 265 g/mol. The van der Waals surface area contributed by atoms with Gasteiger partial charge in [0, 0.05) is 35.9 Å². The molecule has 0 saturated heterocycles. The van der Waals surface area contributed by atoms with Gasteiger partial charge in [0.15, 0.2) is 0 Å². The molecule has 0 aliphatic rings. The first-order valence-electron chi connectivity index (χ1n) is 6.59. The lowest BCUT2D eigenvalue weighted by atomic mass is 10.2. The van der Waals surface area contributed by atoms with Gasteiger partial charge in [-0.15, -0.1) is 0 Å². The number of para-hydroxylation sites is 1. The van der Waals surface area contributed by atoms with Crippen LogP contribution in [0.25, 0.3) is 10.9 Å². The maximum atomic E-state index is 11.9. The fraction of sp³-hybridized carbons (Fsp3) is 0.125. The second-order valence-electron chi connectivity index (χ2n) is 4.54. The predicted octanol–water partition coefficient (Wildman–Crippen LogP) is 3.16. The van der Waals surface area contributed by atoms with E-state index in [0.29, 0.717) is 6.54 Å². The Labute approximate surface area is 116 Å². The summed E-state index contributed by atoms with van der Waals surface area (Å²) in [5, 5.41) is 4.20. The Kier molecular flexibility index (Phi) is 3.21. The summed E-state index contributed by atoms with van der Waals surface area (Å²) in [7, 11) is 0. The molecule has 2 aromatic heterocycles. The van der Waals surface area contributed by atoms with E-state index in [1.165, 1.54) is 0 Å². The monoisotopic (exact) mass is 265 g/mol. The topological polar surface area (TPSA) is 46.9 Å². The molecule has 1 aromatic carbocycles. The smallest absolute Gasteiger partial charge is 0.251 e. The molecule has 0 bridgehead atoms. The van der Waals surface area contributed by atoms with Crippen LogP contribution in [0.1, 0.15) is 6.92 Å². The van der Waals surface area contributed by atoms with Crippen molar-refractivity contribution < 1.29 is 0 Å². The van der Waals surface area contributed by atoms with Crippen LogP contribution in [0.4, 0.5) is 11.5 Å². The number of aryl methyl sites for hydroxylation is 1. The maximum Gasteiger partial charge on any atom is 0.251 e. The fourth-order valence-electron chi connectivity index (χ4n) is 2.25. The summed E-state index contributed by atoms with van der Waals surface area (Å²) in [5.41, 5.74) is 1.88. The van der Waals surface area contributed by atoms with E-state index in [1.807, 2.05) is 49.4 Å². The maximum absolute atomic E-state index is 11.9. The number of pyridine rings is 2. The van der Waals surface area contributed by atoms with Gasteiger partial charge in [-0.2, -0.15) is 0 Å². The number of aromatic nitrogens is 2. The number of nitrogens with one attached hydrogen (secondary N) is 1. The van der Waals surface area contributed by atoms with Crippen LogP contribution in [-0.4, -0.2) is 9.55 Å². The minimum absolute atomic E-state index is 0.0110. The zero-order valence-corrected chi connectivity index (χ0v) is 11.2. The van der Waals surface area contributed by atoms with Gasteiger partial charge in [0.1, 0.15) is 5.82 Å². The van der Waals surface area contributed by atoms with Crippen molar-refractivity contribution in [2.75, 3.05) is 5.32 Å². The Morgan fingerprint density at radius 2 is 1.95 bits per heavy atom. The molecule has 0 saturated carbocycles. The normalized spacial score (nSPS) is 10.7. The summed E-state index contributed by atoms with van der Waals surface area (Å²) >= 11 is 0. The van der Waals surface area contributed by atoms with Gasteiger partial charge in [0.05, 0.1) is 5.52 Å². The Morgan fingerprint density at radius 1 is 1.15 bits per heavy atom. The summed E-state index contributed by atoms with van der Waals surface area (Å²) in [6.45, 7) is 2.61. The fourth-order valence-corrected chi connectivity index (χ4v) is 2.25. The lowest BCUT2D eigenvalue weighted by molar-refractivity contribution is 0.759. The van der Waals surface area contributed by atoms with Gasteiger partial charge >= 0.3 is 0 Å². The Hall–Kier alpha value is -2.62. The molecule has 0 aliphatic carbocycles. The number of hydrogen-bond donors (Lipinski definition) is 1. The van der Waals surface area contributed by atoms with E-state index in [-0.39, 0.29) is 5.56 Å². The molecule has 3 aromatic rings. The molecule has 2 heterocycles. The lowest BCUT2D eigenvalue weighted by Crippen LogP contribution is -2.18. The summed E-state index contributed by atoms with van der Waals surface area (Å²) in [5.74, 6) is 0.733. The minimum Gasteiger partial charge on any atom is -0.340 e. The van der Waals surface area contributed by atoms with Crippen molar-refractivity contribution in [2.24, 2.45) is 0 Å². The third-order valence-electron chi connectivity index (χ3n) is 3.24. The van der Waals surface area contributed by atoms with E-state index in [4.69, 9.17) is 0 Å². The lowest BCUT2D eigenvalue weighted by Gasteiger charge is -2.10. The van der Waals surface area contributed by atoms with Crippen molar-refractivity contribution in [2.45, 2.75) is 13.5 Å². The van der Waals surface area contributed by atoms with Gasteiger partial charge in [0.25, 0.3) is 5.56 Å². The molecule has 0 fully saturated rings. The molecule has 0 atom stereocenters. The molecule has 100 valence electrons. The van der Waals surface area contributed by atoms with Crippen molar-refractivity contribution in [3.63, 3.8) is 0 Å². The first kappa shape index (κ1) is 12.4. The third-order valence-corrected chi connectivity index (χ3v) is 3.24. The van der Waals surface area contributed by atoms with Crippen LogP contribution in [0, 0.1) is 0 Å². The second kappa shape index (κ2) is 5.17. The van der Waals surface area contributed by atoms with Crippen molar-refractivity contribution in [3.05, 3.63) is 65.1 Å². The van der Waals surface area contributed by atoms with Crippen molar-refractivity contribution in [3.8, 4) is 0 Å². The van der Waals surface area contributed by atoms with E-state index < -0.39 is 0 Å². The van der Waals surface area contributed by atoms with Gasteiger partial charge in [-0.1, -0.05) is 18.2 Å². The highest BCUT2D eigenvalue weighted by molar-refractivity contribution is 5.81. The Balaban J connectivity index is 2.08. The van der Waals surface area contributed by atoms with Crippen LogP contribution in [0.5, 0.6) is 0 Å². The number of rotatable bonds is 3. The van der Waals surface area contributed by atoms with Crippen LogP contribution in [-0.2, 0) is 6.54 Å². The first-order chi connectivity index (χ1) is 9.78. The van der Waals surface area contributed by atoms with E-state index in [2.05, 4.69) is 10.3 Å². The Bertz CT molecular complexity index is 794. The molecular formula is C16H15N3O. The van der Waals surface area contributed by atoms with Gasteiger partial charge in [-0.3, -0.25) is 4.79 Å².